The lowest BCUT2D eigenvalue weighted by Gasteiger charge is -1.81. The maximum atomic E-state index is 10.3. The molecule has 1 aromatic rings. The minimum atomic E-state index is -0.130. The van der Waals surface area contributed by atoms with E-state index < -0.39 is 0 Å². The molecule has 3 nitrogen and oxygen atoms in total. The molecule has 0 aliphatic heterocycles. The molecule has 0 aliphatic carbocycles. The average Bonchev–Trinajstić information content (AvgIpc) is 1.97. The first-order valence-corrected chi connectivity index (χ1v) is 3.23. The predicted octanol–water partition coefficient (Wildman–Crippen LogP) is 1.56. The number of hydrogen-bond donors (Lipinski definition) is 1. The van der Waals surface area contributed by atoms with Crippen LogP contribution in [0.15, 0.2) is 23.1 Å². The Kier molecular flexibility index (Phi) is 4.87. The molecule has 1 rings (SSSR count). The van der Waals surface area contributed by atoms with Crippen molar-refractivity contribution in [2.45, 2.75) is 6.92 Å². The fourth-order valence-corrected chi connectivity index (χ4v) is 0.509. The predicted molar refractivity (Wildman–Crippen MR) is 43.4 cm³/mol. The summed E-state index contributed by atoms with van der Waals surface area (Å²) >= 11 is 5.44. The maximum absolute atomic E-state index is 10.3. The Labute approximate surface area is 69.2 Å². The molecule has 1 heterocycles. The summed E-state index contributed by atoms with van der Waals surface area (Å²) < 4.78 is 0. The number of rotatable bonds is 0. The van der Waals surface area contributed by atoms with Gasteiger partial charge < -0.3 is 4.98 Å². The van der Waals surface area contributed by atoms with Crippen LogP contribution in [0.4, 0.5) is 0 Å². The molecule has 0 aliphatic rings. The lowest BCUT2D eigenvalue weighted by molar-refractivity contribution is 1.24. The Morgan fingerprint density at radius 3 is 2.45 bits per heavy atom. The molecule has 0 atom stereocenters. The summed E-state index contributed by atoms with van der Waals surface area (Å²) in [6, 6.07) is 4.67. The van der Waals surface area contributed by atoms with Crippen LogP contribution < -0.4 is 5.56 Å². The average molecular weight is 171 g/mol. The van der Waals surface area contributed by atoms with Crippen LogP contribution in [0.5, 0.6) is 0 Å². The van der Waals surface area contributed by atoms with Crippen molar-refractivity contribution >= 4 is 11.6 Å². The molecule has 11 heavy (non-hydrogen) atoms. The molecule has 0 fully saturated rings. The fraction of sp³-hybridized carbons (Fsp3) is 0.143. The summed E-state index contributed by atoms with van der Waals surface area (Å²) in [6.07, 6.45) is 1.45. The van der Waals surface area contributed by atoms with E-state index in [0.29, 0.717) is 5.02 Å². The first-order valence-electron chi connectivity index (χ1n) is 2.85. The number of halogens is 1. The van der Waals surface area contributed by atoms with Gasteiger partial charge in [-0.2, -0.15) is 5.26 Å². The number of nitrogens with one attached hydrogen (secondary N) is 1. The molecule has 58 valence electrons. The highest BCUT2D eigenvalue weighted by molar-refractivity contribution is 6.30. The normalized spacial score (nSPS) is 7.36. The number of nitrogens with zero attached hydrogens (tertiary/aromatic N) is 1. The van der Waals surface area contributed by atoms with E-state index in [0.717, 1.165) is 0 Å². The SMILES string of the molecule is CC#N.O=c1ccc(Cl)c[nH]1. The highest BCUT2D eigenvalue weighted by atomic mass is 35.5. The molecule has 0 saturated heterocycles. The number of hydrogen-bond acceptors (Lipinski definition) is 2. The van der Waals surface area contributed by atoms with Crippen LogP contribution in [0.2, 0.25) is 5.02 Å². The smallest absolute Gasteiger partial charge is 0.247 e. The van der Waals surface area contributed by atoms with E-state index in [1.807, 2.05) is 0 Å². The Morgan fingerprint density at radius 2 is 2.18 bits per heavy atom. The molecule has 0 radical (unpaired) electrons. The second kappa shape index (κ2) is 5.51. The van der Waals surface area contributed by atoms with Crippen LogP contribution in [-0.2, 0) is 0 Å². The topological polar surface area (TPSA) is 56.6 Å². The summed E-state index contributed by atoms with van der Waals surface area (Å²) in [7, 11) is 0. The molecule has 1 N–H and O–H groups in total. The van der Waals surface area contributed by atoms with E-state index in [1.165, 1.54) is 19.2 Å². The molecule has 0 amide bonds. The van der Waals surface area contributed by atoms with E-state index in [9.17, 15) is 4.79 Å². The molecule has 1 aromatic heterocycles. The lowest BCUT2D eigenvalue weighted by Crippen LogP contribution is -1.99. The molecule has 4 heteroatoms. The standard InChI is InChI=1S/C5H4ClNO.C2H3N/c6-4-1-2-5(8)7-3-4;1-2-3/h1-3H,(H,7,8);1H3. The van der Waals surface area contributed by atoms with Gasteiger partial charge in [0.1, 0.15) is 0 Å². The number of pyridine rings is 1. The largest absolute Gasteiger partial charge is 0.328 e. The van der Waals surface area contributed by atoms with E-state index in [-0.39, 0.29) is 5.56 Å². The summed E-state index contributed by atoms with van der Waals surface area (Å²) in [5.41, 5.74) is -0.130. The van der Waals surface area contributed by atoms with Crippen LogP contribution in [0, 0.1) is 11.3 Å². The van der Waals surface area contributed by atoms with Gasteiger partial charge in [-0.3, -0.25) is 4.79 Å². The van der Waals surface area contributed by atoms with Gasteiger partial charge in [0.15, 0.2) is 0 Å². The van der Waals surface area contributed by atoms with Crippen molar-refractivity contribution in [3.63, 3.8) is 0 Å². The number of aromatic amines is 1. The van der Waals surface area contributed by atoms with Crippen LogP contribution in [0.25, 0.3) is 0 Å². The van der Waals surface area contributed by atoms with Crippen molar-refractivity contribution < 1.29 is 0 Å². The number of nitriles is 1. The zero-order valence-electron chi connectivity index (χ0n) is 5.97. The molecule has 0 spiro atoms. The molecule has 0 bridgehead atoms. The molecule has 0 aromatic carbocycles. The van der Waals surface area contributed by atoms with Crippen LogP contribution in [-0.4, -0.2) is 4.98 Å². The fourth-order valence-electron chi connectivity index (χ4n) is 0.392. The van der Waals surface area contributed by atoms with Crippen molar-refractivity contribution in [3.8, 4) is 6.07 Å². The molecule has 0 unspecified atom stereocenters. The third-order valence-electron chi connectivity index (χ3n) is 0.746. The summed E-state index contributed by atoms with van der Waals surface area (Å²) in [5.74, 6) is 0. The minimum absolute atomic E-state index is 0.130. The van der Waals surface area contributed by atoms with Crippen LogP contribution in [0.1, 0.15) is 6.92 Å². The highest BCUT2D eigenvalue weighted by Gasteiger charge is 1.81. The first kappa shape index (κ1) is 9.73. The van der Waals surface area contributed by atoms with Gasteiger partial charge in [0, 0.05) is 19.2 Å². The lowest BCUT2D eigenvalue weighted by atomic mass is 10.5. The van der Waals surface area contributed by atoms with Crippen molar-refractivity contribution in [1.82, 2.24) is 4.98 Å². The second-order valence-corrected chi connectivity index (χ2v) is 2.03. The van der Waals surface area contributed by atoms with E-state index in [4.69, 9.17) is 16.9 Å². The monoisotopic (exact) mass is 170 g/mol. The molecule has 0 saturated carbocycles. The van der Waals surface area contributed by atoms with Crippen LogP contribution in [0.3, 0.4) is 0 Å². The minimum Gasteiger partial charge on any atom is -0.328 e. The van der Waals surface area contributed by atoms with Crippen molar-refractivity contribution in [2.75, 3.05) is 0 Å². The maximum Gasteiger partial charge on any atom is 0.247 e. The Bertz CT molecular complexity index is 280. The van der Waals surface area contributed by atoms with Crippen LogP contribution >= 0.6 is 11.6 Å². The van der Waals surface area contributed by atoms with Crippen molar-refractivity contribution in [2.24, 2.45) is 0 Å². The summed E-state index contributed by atoms with van der Waals surface area (Å²) in [4.78, 5) is 12.7. The third kappa shape index (κ3) is 5.19. The van der Waals surface area contributed by atoms with Gasteiger partial charge >= 0.3 is 0 Å². The Morgan fingerprint density at radius 1 is 1.64 bits per heavy atom. The van der Waals surface area contributed by atoms with Gasteiger partial charge in [-0.15, -0.1) is 0 Å². The van der Waals surface area contributed by atoms with Gasteiger partial charge in [0.25, 0.3) is 0 Å². The summed E-state index contributed by atoms with van der Waals surface area (Å²) in [5, 5.41) is 7.87. The van der Waals surface area contributed by atoms with Gasteiger partial charge in [-0.25, -0.2) is 0 Å². The number of H-pyrrole nitrogens is 1. The Hall–Kier alpha value is -1.27. The zero-order chi connectivity index (χ0) is 8.69. The quantitative estimate of drug-likeness (QED) is 0.643. The summed E-state index contributed by atoms with van der Waals surface area (Å²) in [6.45, 7) is 1.43. The van der Waals surface area contributed by atoms with Crippen molar-refractivity contribution in [3.05, 3.63) is 33.7 Å². The molecular weight excluding hydrogens is 164 g/mol. The molecular formula is C7H7ClN2O. The highest BCUT2D eigenvalue weighted by Crippen LogP contribution is 1.99. The number of aromatic nitrogens is 1. The zero-order valence-corrected chi connectivity index (χ0v) is 6.72. The van der Waals surface area contributed by atoms with Gasteiger partial charge in [0.05, 0.1) is 11.1 Å². The van der Waals surface area contributed by atoms with Gasteiger partial charge in [0.2, 0.25) is 5.56 Å². The third-order valence-corrected chi connectivity index (χ3v) is 0.981. The van der Waals surface area contributed by atoms with E-state index in [1.54, 1.807) is 12.1 Å². The van der Waals surface area contributed by atoms with E-state index in [2.05, 4.69) is 4.98 Å². The Balaban J connectivity index is 0.000000292. The van der Waals surface area contributed by atoms with Crippen molar-refractivity contribution in [1.29, 1.82) is 5.26 Å². The van der Waals surface area contributed by atoms with Gasteiger partial charge in [-0.1, -0.05) is 11.6 Å². The van der Waals surface area contributed by atoms with Gasteiger partial charge in [-0.05, 0) is 6.07 Å². The van der Waals surface area contributed by atoms with E-state index >= 15 is 0 Å². The first-order chi connectivity index (χ1) is 5.20. The second-order valence-electron chi connectivity index (χ2n) is 1.59.